The van der Waals surface area contributed by atoms with Gasteiger partial charge in [0.05, 0.1) is 12.7 Å². The monoisotopic (exact) mass is 361 g/mol. The van der Waals surface area contributed by atoms with E-state index >= 15 is 0 Å². The van der Waals surface area contributed by atoms with Crippen LogP contribution < -0.4 is 4.90 Å². The van der Waals surface area contributed by atoms with Crippen molar-refractivity contribution in [1.29, 1.82) is 0 Å². The average molecular weight is 361 g/mol. The van der Waals surface area contributed by atoms with Gasteiger partial charge in [-0.2, -0.15) is 0 Å². The maximum Gasteiger partial charge on any atom is 0.336 e. The summed E-state index contributed by atoms with van der Waals surface area (Å²) in [5.74, 6) is -0.397. The maximum absolute atomic E-state index is 12.6. The van der Waals surface area contributed by atoms with E-state index in [4.69, 9.17) is 4.74 Å². The summed E-state index contributed by atoms with van der Waals surface area (Å²) in [4.78, 5) is 14.6. The SMILES string of the molecule is COC(=O)C1=C(C)N(c2ccc(C(C)(C)C)cc2)C=CC1c1ccccc1. The number of anilines is 1. The fourth-order valence-corrected chi connectivity index (χ4v) is 3.46. The fourth-order valence-electron chi connectivity index (χ4n) is 3.46. The minimum absolute atomic E-state index is 0.108. The lowest BCUT2D eigenvalue weighted by Gasteiger charge is -2.31. The first-order chi connectivity index (χ1) is 12.8. The molecule has 0 amide bonds. The predicted octanol–water partition coefficient (Wildman–Crippen LogP) is 5.55. The molecule has 1 heterocycles. The Morgan fingerprint density at radius 3 is 2.19 bits per heavy atom. The van der Waals surface area contributed by atoms with Crippen molar-refractivity contribution in [2.45, 2.75) is 39.0 Å². The topological polar surface area (TPSA) is 29.5 Å². The molecule has 2 aromatic carbocycles. The second-order valence-electron chi connectivity index (χ2n) is 7.89. The van der Waals surface area contributed by atoms with Gasteiger partial charge in [-0.05, 0) is 35.6 Å². The number of benzene rings is 2. The van der Waals surface area contributed by atoms with Gasteiger partial charge in [0.2, 0.25) is 0 Å². The average Bonchev–Trinajstić information content (AvgIpc) is 2.67. The molecule has 0 saturated carbocycles. The van der Waals surface area contributed by atoms with E-state index in [-0.39, 0.29) is 17.3 Å². The number of hydrogen-bond donors (Lipinski definition) is 0. The van der Waals surface area contributed by atoms with E-state index in [0.717, 1.165) is 16.9 Å². The van der Waals surface area contributed by atoms with Crippen LogP contribution in [0.25, 0.3) is 0 Å². The third kappa shape index (κ3) is 3.82. The van der Waals surface area contributed by atoms with Crippen molar-refractivity contribution in [3.63, 3.8) is 0 Å². The number of hydrogen-bond acceptors (Lipinski definition) is 3. The summed E-state index contributed by atoms with van der Waals surface area (Å²) < 4.78 is 5.10. The highest BCUT2D eigenvalue weighted by molar-refractivity contribution is 5.93. The summed E-state index contributed by atoms with van der Waals surface area (Å²) in [7, 11) is 1.44. The van der Waals surface area contributed by atoms with Crippen LogP contribution in [0, 0.1) is 0 Å². The first-order valence-electron chi connectivity index (χ1n) is 9.25. The molecule has 1 aliphatic heterocycles. The molecule has 3 rings (SSSR count). The summed E-state index contributed by atoms with van der Waals surface area (Å²) in [6.45, 7) is 8.58. The van der Waals surface area contributed by atoms with E-state index in [1.54, 1.807) is 0 Å². The largest absolute Gasteiger partial charge is 0.466 e. The van der Waals surface area contributed by atoms with E-state index < -0.39 is 0 Å². The molecule has 3 heteroatoms. The van der Waals surface area contributed by atoms with Crippen LogP contribution in [0.4, 0.5) is 5.69 Å². The molecular weight excluding hydrogens is 334 g/mol. The molecule has 0 saturated heterocycles. The first kappa shape index (κ1) is 19.0. The van der Waals surface area contributed by atoms with Gasteiger partial charge in [0, 0.05) is 23.5 Å². The number of nitrogens with zero attached hydrogens (tertiary/aromatic N) is 1. The Kier molecular flexibility index (Phi) is 5.22. The zero-order valence-corrected chi connectivity index (χ0v) is 16.7. The van der Waals surface area contributed by atoms with Crippen LogP contribution in [0.15, 0.2) is 78.1 Å². The van der Waals surface area contributed by atoms with Gasteiger partial charge < -0.3 is 9.64 Å². The van der Waals surface area contributed by atoms with Crippen molar-refractivity contribution in [3.05, 3.63) is 89.3 Å². The van der Waals surface area contributed by atoms with Crippen LogP contribution in [-0.4, -0.2) is 13.1 Å². The summed E-state index contributed by atoms with van der Waals surface area (Å²) in [5.41, 5.74) is 5.06. The molecule has 27 heavy (non-hydrogen) atoms. The van der Waals surface area contributed by atoms with Crippen LogP contribution in [0.2, 0.25) is 0 Å². The summed E-state index contributed by atoms with van der Waals surface area (Å²) in [6, 6.07) is 18.6. The zero-order valence-electron chi connectivity index (χ0n) is 16.7. The van der Waals surface area contributed by atoms with Crippen LogP contribution in [0.5, 0.6) is 0 Å². The summed E-state index contributed by atoms with van der Waals surface area (Å²) >= 11 is 0. The molecule has 1 unspecified atom stereocenters. The Morgan fingerprint density at radius 1 is 1.00 bits per heavy atom. The maximum atomic E-state index is 12.6. The Bertz CT molecular complexity index is 871. The molecule has 2 aromatic rings. The molecule has 0 N–H and O–H groups in total. The van der Waals surface area contributed by atoms with Gasteiger partial charge in [0.15, 0.2) is 0 Å². The number of carbonyl (C=O) groups excluding carboxylic acids is 1. The smallest absolute Gasteiger partial charge is 0.336 e. The lowest BCUT2D eigenvalue weighted by molar-refractivity contribution is -0.136. The lowest BCUT2D eigenvalue weighted by atomic mass is 9.86. The van der Waals surface area contributed by atoms with Crippen molar-refractivity contribution in [3.8, 4) is 0 Å². The minimum Gasteiger partial charge on any atom is -0.466 e. The molecule has 1 atom stereocenters. The third-order valence-electron chi connectivity index (χ3n) is 5.07. The van der Waals surface area contributed by atoms with Crippen molar-refractivity contribution >= 4 is 11.7 Å². The number of methoxy groups -OCH3 is 1. The van der Waals surface area contributed by atoms with Gasteiger partial charge in [-0.25, -0.2) is 4.79 Å². The van der Waals surface area contributed by atoms with Crippen molar-refractivity contribution in [2.75, 3.05) is 12.0 Å². The Hall–Kier alpha value is -2.81. The predicted molar refractivity (Wildman–Crippen MR) is 111 cm³/mol. The highest BCUT2D eigenvalue weighted by Crippen LogP contribution is 2.37. The molecular formula is C24H27NO2. The van der Waals surface area contributed by atoms with Gasteiger partial charge in [-0.1, -0.05) is 69.3 Å². The molecule has 0 aromatic heterocycles. The van der Waals surface area contributed by atoms with E-state index in [2.05, 4.69) is 56.0 Å². The molecule has 0 fully saturated rings. The molecule has 1 aliphatic rings. The van der Waals surface area contributed by atoms with E-state index in [1.807, 2.05) is 43.5 Å². The normalized spacial score (nSPS) is 17.2. The second kappa shape index (κ2) is 7.43. The minimum atomic E-state index is -0.290. The highest BCUT2D eigenvalue weighted by Gasteiger charge is 2.29. The van der Waals surface area contributed by atoms with Crippen LogP contribution >= 0.6 is 0 Å². The van der Waals surface area contributed by atoms with Crippen molar-refractivity contribution in [2.24, 2.45) is 0 Å². The molecule has 0 bridgehead atoms. The number of esters is 1. The van der Waals surface area contributed by atoms with Gasteiger partial charge in [0.25, 0.3) is 0 Å². The number of allylic oxidation sites excluding steroid dienone is 2. The summed E-state index contributed by atoms with van der Waals surface area (Å²) in [6.07, 6.45) is 4.11. The molecule has 0 radical (unpaired) electrons. The van der Waals surface area contributed by atoms with E-state index in [9.17, 15) is 4.79 Å². The van der Waals surface area contributed by atoms with Crippen molar-refractivity contribution < 1.29 is 9.53 Å². The molecule has 0 aliphatic carbocycles. The molecule has 140 valence electrons. The van der Waals surface area contributed by atoms with Gasteiger partial charge in [0.1, 0.15) is 0 Å². The third-order valence-corrected chi connectivity index (χ3v) is 5.07. The van der Waals surface area contributed by atoms with Crippen LogP contribution in [-0.2, 0) is 14.9 Å². The van der Waals surface area contributed by atoms with E-state index in [1.165, 1.54) is 12.7 Å². The first-order valence-corrected chi connectivity index (χ1v) is 9.25. The number of rotatable bonds is 3. The quantitative estimate of drug-likeness (QED) is 0.671. The van der Waals surface area contributed by atoms with Gasteiger partial charge in [-0.15, -0.1) is 0 Å². The standard InChI is InChI=1S/C24H27NO2/c1-17-22(23(26)27-5)21(18-9-7-6-8-10-18)15-16-25(17)20-13-11-19(12-14-20)24(2,3)4/h6-16,21H,1-5H3. The summed E-state index contributed by atoms with van der Waals surface area (Å²) in [5, 5.41) is 0. The van der Waals surface area contributed by atoms with Gasteiger partial charge in [-0.3, -0.25) is 0 Å². The fraction of sp³-hybridized carbons (Fsp3) is 0.292. The van der Waals surface area contributed by atoms with Crippen molar-refractivity contribution in [1.82, 2.24) is 0 Å². The zero-order chi connectivity index (χ0) is 19.6. The number of ether oxygens (including phenoxy) is 1. The van der Waals surface area contributed by atoms with Crippen LogP contribution in [0.3, 0.4) is 0 Å². The van der Waals surface area contributed by atoms with Crippen LogP contribution in [0.1, 0.15) is 44.7 Å². The Labute approximate surface area is 162 Å². The Balaban J connectivity index is 2.01. The lowest BCUT2D eigenvalue weighted by Crippen LogP contribution is -2.26. The van der Waals surface area contributed by atoms with E-state index in [0.29, 0.717) is 5.57 Å². The molecule has 0 spiro atoms. The Morgan fingerprint density at radius 2 is 1.63 bits per heavy atom. The number of carbonyl (C=O) groups is 1. The molecule has 3 nitrogen and oxygen atoms in total. The highest BCUT2D eigenvalue weighted by atomic mass is 16.5. The second-order valence-corrected chi connectivity index (χ2v) is 7.89. The van der Waals surface area contributed by atoms with Gasteiger partial charge >= 0.3 is 5.97 Å².